The van der Waals surface area contributed by atoms with Crippen molar-refractivity contribution in [3.05, 3.63) is 78.6 Å². The summed E-state index contributed by atoms with van der Waals surface area (Å²) in [5, 5.41) is 7.73. The highest BCUT2D eigenvalue weighted by Gasteiger charge is 2.11. The molecule has 0 bridgehead atoms. The molecule has 1 aromatic heterocycles. The molecule has 5 rings (SSSR count). The SMILES string of the molecule is COc1cc(Nc2ncnc3ccc(C#C[C@@H]4CCCNC4)cc23)ccc1Oc1ccccc1. The van der Waals surface area contributed by atoms with Gasteiger partial charge in [-0.25, -0.2) is 9.97 Å². The minimum Gasteiger partial charge on any atom is -0.493 e. The van der Waals surface area contributed by atoms with Crippen molar-refractivity contribution in [3.63, 3.8) is 0 Å². The predicted molar refractivity (Wildman–Crippen MR) is 135 cm³/mol. The summed E-state index contributed by atoms with van der Waals surface area (Å²) in [6, 6.07) is 21.4. The summed E-state index contributed by atoms with van der Waals surface area (Å²) < 4.78 is 11.5. The van der Waals surface area contributed by atoms with E-state index in [2.05, 4.69) is 32.4 Å². The summed E-state index contributed by atoms with van der Waals surface area (Å²) in [4.78, 5) is 8.90. The Kier molecular flexibility index (Phi) is 6.55. The second-order valence-corrected chi connectivity index (χ2v) is 8.17. The van der Waals surface area contributed by atoms with E-state index in [9.17, 15) is 0 Å². The minimum absolute atomic E-state index is 0.401. The lowest BCUT2D eigenvalue weighted by molar-refractivity contribution is 0.379. The van der Waals surface area contributed by atoms with E-state index in [1.165, 1.54) is 6.42 Å². The van der Waals surface area contributed by atoms with Crippen molar-refractivity contribution in [2.24, 2.45) is 5.92 Å². The van der Waals surface area contributed by atoms with Crippen LogP contribution in [0.15, 0.2) is 73.1 Å². The first-order valence-corrected chi connectivity index (χ1v) is 11.4. The van der Waals surface area contributed by atoms with Crippen LogP contribution in [0.3, 0.4) is 0 Å². The van der Waals surface area contributed by atoms with Gasteiger partial charge in [-0.3, -0.25) is 0 Å². The van der Waals surface area contributed by atoms with Crippen LogP contribution < -0.4 is 20.1 Å². The Morgan fingerprint density at radius 3 is 2.74 bits per heavy atom. The van der Waals surface area contributed by atoms with E-state index in [1.54, 1.807) is 13.4 Å². The van der Waals surface area contributed by atoms with Crippen LogP contribution in [0.5, 0.6) is 17.2 Å². The van der Waals surface area contributed by atoms with Crippen molar-refractivity contribution in [2.45, 2.75) is 12.8 Å². The Balaban J connectivity index is 1.40. The maximum atomic E-state index is 5.97. The minimum atomic E-state index is 0.401. The Hall–Kier alpha value is -4.08. The second kappa shape index (κ2) is 10.2. The molecule has 3 aromatic carbocycles. The Labute approximate surface area is 199 Å². The first-order chi connectivity index (χ1) is 16.8. The number of hydrogen-bond donors (Lipinski definition) is 2. The zero-order chi connectivity index (χ0) is 23.2. The molecule has 1 saturated heterocycles. The molecule has 0 radical (unpaired) electrons. The second-order valence-electron chi connectivity index (χ2n) is 8.17. The molecule has 1 aliphatic heterocycles. The summed E-state index contributed by atoms with van der Waals surface area (Å²) in [5.74, 6) is 9.88. The van der Waals surface area contributed by atoms with E-state index in [-0.39, 0.29) is 0 Å². The quantitative estimate of drug-likeness (QED) is 0.390. The highest BCUT2D eigenvalue weighted by molar-refractivity contribution is 5.91. The Bertz CT molecular complexity index is 1340. The molecule has 1 aliphatic rings. The molecular weight excluding hydrogens is 424 g/mol. The summed E-state index contributed by atoms with van der Waals surface area (Å²) in [6.07, 6.45) is 3.89. The van der Waals surface area contributed by atoms with Gasteiger partial charge in [-0.2, -0.15) is 0 Å². The van der Waals surface area contributed by atoms with Gasteiger partial charge in [0.2, 0.25) is 0 Å². The maximum absolute atomic E-state index is 5.97. The highest BCUT2D eigenvalue weighted by Crippen LogP contribution is 2.35. The van der Waals surface area contributed by atoms with Gasteiger partial charge in [0.25, 0.3) is 0 Å². The number of fused-ring (bicyclic) bond motifs is 1. The smallest absolute Gasteiger partial charge is 0.169 e. The van der Waals surface area contributed by atoms with Crippen LogP contribution in [-0.2, 0) is 0 Å². The number of ether oxygens (including phenoxy) is 2. The molecule has 0 aliphatic carbocycles. The standard InChI is InChI=1S/C28H26N4O2/c1-33-27-17-22(12-14-26(27)34-23-7-3-2-4-8-23)32-28-24-16-20(11-13-25(24)30-19-31-28)9-10-21-6-5-15-29-18-21/h2-4,7-8,11-14,16-17,19,21,29H,5-6,15,18H2,1H3,(H,30,31,32)/t21-/m0/s1. The zero-order valence-electron chi connectivity index (χ0n) is 19.0. The number of benzene rings is 3. The van der Waals surface area contributed by atoms with Gasteiger partial charge in [0.05, 0.1) is 12.6 Å². The Morgan fingerprint density at radius 1 is 1.00 bits per heavy atom. The monoisotopic (exact) mass is 450 g/mol. The van der Waals surface area contributed by atoms with Gasteiger partial charge in [0.15, 0.2) is 11.5 Å². The molecule has 2 N–H and O–H groups in total. The predicted octanol–water partition coefficient (Wildman–Crippen LogP) is 5.53. The van der Waals surface area contributed by atoms with Gasteiger partial charge in [0, 0.05) is 35.2 Å². The third kappa shape index (κ3) is 5.11. The average molecular weight is 451 g/mol. The third-order valence-corrected chi connectivity index (χ3v) is 5.75. The molecule has 2 heterocycles. The first-order valence-electron chi connectivity index (χ1n) is 11.4. The number of methoxy groups -OCH3 is 1. The van der Waals surface area contributed by atoms with Gasteiger partial charge < -0.3 is 20.1 Å². The van der Waals surface area contributed by atoms with Crippen molar-refractivity contribution in [1.29, 1.82) is 0 Å². The fourth-order valence-electron chi connectivity index (χ4n) is 3.98. The summed E-state index contributed by atoms with van der Waals surface area (Å²) >= 11 is 0. The van der Waals surface area contributed by atoms with Crippen LogP contribution in [0, 0.1) is 17.8 Å². The molecule has 4 aromatic rings. The van der Waals surface area contributed by atoms with Crippen molar-refractivity contribution in [3.8, 4) is 29.1 Å². The lowest BCUT2D eigenvalue weighted by atomic mass is 10.00. The fourth-order valence-corrected chi connectivity index (χ4v) is 3.98. The largest absolute Gasteiger partial charge is 0.493 e. The van der Waals surface area contributed by atoms with Gasteiger partial charge in [-0.15, -0.1) is 0 Å². The van der Waals surface area contributed by atoms with Gasteiger partial charge in [-0.05, 0) is 61.9 Å². The fraction of sp³-hybridized carbons (Fsp3) is 0.214. The number of para-hydroxylation sites is 1. The Morgan fingerprint density at radius 2 is 1.91 bits per heavy atom. The molecule has 0 amide bonds. The molecule has 0 unspecified atom stereocenters. The normalized spacial score (nSPS) is 15.3. The van der Waals surface area contributed by atoms with Crippen LogP contribution >= 0.6 is 0 Å². The lowest BCUT2D eigenvalue weighted by Gasteiger charge is -2.17. The van der Waals surface area contributed by atoms with Gasteiger partial charge >= 0.3 is 0 Å². The van der Waals surface area contributed by atoms with Crippen molar-refractivity contribution in [1.82, 2.24) is 15.3 Å². The van der Waals surface area contributed by atoms with E-state index in [0.717, 1.165) is 47.4 Å². The van der Waals surface area contributed by atoms with Gasteiger partial charge in [-0.1, -0.05) is 30.0 Å². The van der Waals surface area contributed by atoms with E-state index in [4.69, 9.17) is 9.47 Å². The topological polar surface area (TPSA) is 68.3 Å². The molecule has 170 valence electrons. The van der Waals surface area contributed by atoms with Crippen LogP contribution in [-0.4, -0.2) is 30.2 Å². The maximum Gasteiger partial charge on any atom is 0.169 e. The van der Waals surface area contributed by atoms with Crippen molar-refractivity contribution < 1.29 is 9.47 Å². The number of aromatic nitrogens is 2. The number of piperidine rings is 1. The van der Waals surface area contributed by atoms with Crippen LogP contribution in [0.4, 0.5) is 11.5 Å². The summed E-state index contributed by atoms with van der Waals surface area (Å²) in [7, 11) is 1.63. The molecule has 34 heavy (non-hydrogen) atoms. The third-order valence-electron chi connectivity index (χ3n) is 5.75. The number of anilines is 2. The highest BCUT2D eigenvalue weighted by atomic mass is 16.5. The van der Waals surface area contributed by atoms with E-state index >= 15 is 0 Å². The molecule has 6 nitrogen and oxygen atoms in total. The molecule has 0 spiro atoms. The van der Waals surface area contributed by atoms with E-state index in [1.807, 2.05) is 66.7 Å². The average Bonchev–Trinajstić information content (AvgIpc) is 2.90. The number of hydrogen-bond acceptors (Lipinski definition) is 6. The zero-order valence-corrected chi connectivity index (χ0v) is 19.0. The number of rotatable bonds is 5. The summed E-state index contributed by atoms with van der Waals surface area (Å²) in [5.41, 5.74) is 2.65. The first kappa shape index (κ1) is 21.7. The summed E-state index contributed by atoms with van der Waals surface area (Å²) in [6.45, 7) is 2.05. The molecule has 6 heteroatoms. The number of nitrogens with one attached hydrogen (secondary N) is 2. The molecule has 1 fully saturated rings. The van der Waals surface area contributed by atoms with E-state index < -0.39 is 0 Å². The number of nitrogens with zero attached hydrogens (tertiary/aromatic N) is 2. The van der Waals surface area contributed by atoms with Gasteiger partial charge in [0.1, 0.15) is 17.9 Å². The van der Waals surface area contributed by atoms with E-state index in [0.29, 0.717) is 23.2 Å². The molecule has 1 atom stereocenters. The van der Waals surface area contributed by atoms with Crippen molar-refractivity contribution >= 4 is 22.4 Å². The molecule has 0 saturated carbocycles. The van der Waals surface area contributed by atoms with Crippen LogP contribution in [0.25, 0.3) is 10.9 Å². The molecular formula is C28H26N4O2. The van der Waals surface area contributed by atoms with Crippen LogP contribution in [0.2, 0.25) is 0 Å². The lowest BCUT2D eigenvalue weighted by Crippen LogP contribution is -2.28. The van der Waals surface area contributed by atoms with Crippen LogP contribution in [0.1, 0.15) is 18.4 Å². The van der Waals surface area contributed by atoms with Crippen molar-refractivity contribution in [2.75, 3.05) is 25.5 Å².